The van der Waals surface area contributed by atoms with Crippen LogP contribution in [0, 0.1) is 5.82 Å². The van der Waals surface area contributed by atoms with E-state index in [0.29, 0.717) is 5.56 Å². The minimum atomic E-state index is -0.724. The van der Waals surface area contributed by atoms with Gasteiger partial charge in [-0.2, -0.15) is 0 Å². The van der Waals surface area contributed by atoms with Crippen LogP contribution in [-0.4, -0.2) is 22.4 Å². The highest BCUT2D eigenvalue weighted by Gasteiger charge is 2.30. The summed E-state index contributed by atoms with van der Waals surface area (Å²) in [6.45, 7) is 7.34. The van der Waals surface area contributed by atoms with Crippen LogP contribution in [0.15, 0.2) is 48.5 Å². The Bertz CT molecular complexity index is 778. The topological polar surface area (TPSA) is 49.4 Å². The molecule has 2 aromatic carbocycles. The fourth-order valence-electron chi connectivity index (χ4n) is 2.34. The van der Waals surface area contributed by atoms with Crippen molar-refractivity contribution in [1.29, 1.82) is 0 Å². The summed E-state index contributed by atoms with van der Waals surface area (Å²) in [5.74, 6) is -1.63. The van der Waals surface area contributed by atoms with Gasteiger partial charge < -0.3 is 0 Å². The maximum Gasteiger partial charge on any atom is 0.275 e. The normalized spacial score (nSPS) is 9.89. The molecule has 2 rings (SSSR count). The van der Waals surface area contributed by atoms with E-state index >= 15 is 0 Å². The molecule has 0 fully saturated rings. The van der Waals surface area contributed by atoms with Gasteiger partial charge in [0.2, 0.25) is 0 Å². The summed E-state index contributed by atoms with van der Waals surface area (Å²) in [6, 6.07) is 12.9. The summed E-state index contributed by atoms with van der Waals surface area (Å²) in [5.41, 5.74) is 3.36. The molecule has 0 radical (unpaired) electrons. The van der Waals surface area contributed by atoms with Crippen LogP contribution < -0.4 is 5.43 Å². The average molecular weight is 452 g/mol. The number of hydrogen-bond donors (Lipinski definition) is 1. The van der Waals surface area contributed by atoms with Crippen molar-refractivity contribution in [3.63, 3.8) is 0 Å². The monoisotopic (exact) mass is 450 g/mol. The lowest BCUT2D eigenvalue weighted by Crippen LogP contribution is -2.56. The summed E-state index contributed by atoms with van der Waals surface area (Å²) < 4.78 is 14.0. The van der Waals surface area contributed by atoms with Crippen molar-refractivity contribution >= 4 is 49.0 Å². The van der Waals surface area contributed by atoms with Crippen molar-refractivity contribution in [3.8, 4) is 0 Å². The Morgan fingerprint density at radius 2 is 1.50 bits per heavy atom. The minimum absolute atomic E-state index is 0. The van der Waals surface area contributed by atoms with Gasteiger partial charge in [0, 0.05) is 5.56 Å². The summed E-state index contributed by atoms with van der Waals surface area (Å²) in [4.78, 5) is 25.3. The predicted molar refractivity (Wildman–Crippen MR) is 117 cm³/mol. The van der Waals surface area contributed by atoms with E-state index in [1.165, 1.54) is 23.2 Å². The molecule has 0 aliphatic heterocycles. The van der Waals surface area contributed by atoms with Gasteiger partial charge in [-0.25, -0.2) is 9.40 Å². The zero-order valence-electron chi connectivity index (χ0n) is 16.2. The molecule has 0 spiro atoms. The van der Waals surface area contributed by atoms with Crippen LogP contribution in [0.5, 0.6) is 0 Å². The highest BCUT2D eigenvalue weighted by Crippen LogP contribution is 2.18. The van der Waals surface area contributed by atoms with Crippen molar-refractivity contribution in [2.75, 3.05) is 0 Å². The van der Waals surface area contributed by atoms with Gasteiger partial charge in [-0.05, 0) is 57.0 Å². The molecule has 2 aromatic rings. The Morgan fingerprint density at radius 1 is 0.964 bits per heavy atom. The molecule has 0 aromatic heterocycles. The molecule has 0 aliphatic carbocycles. The maximum atomic E-state index is 14.0. The molecule has 0 bridgehead atoms. The molecule has 8 heteroatoms. The molecular weight excluding hydrogens is 426 g/mol. The largest absolute Gasteiger partial charge is 0.275 e. The van der Waals surface area contributed by atoms with Gasteiger partial charge >= 0.3 is 0 Å². The highest BCUT2D eigenvalue weighted by atomic mass is 35.5. The summed E-state index contributed by atoms with van der Waals surface area (Å²) in [6.07, 6.45) is 0.877. The third-order valence-corrected chi connectivity index (χ3v) is 3.82. The molecule has 2 amide bonds. The molecule has 0 saturated carbocycles. The van der Waals surface area contributed by atoms with Crippen LogP contribution in [0.4, 0.5) is 4.39 Å². The van der Waals surface area contributed by atoms with E-state index in [9.17, 15) is 14.0 Å². The van der Waals surface area contributed by atoms with Crippen molar-refractivity contribution in [2.24, 2.45) is 0 Å². The van der Waals surface area contributed by atoms with Crippen molar-refractivity contribution in [3.05, 3.63) is 71.0 Å². The first-order chi connectivity index (χ1) is 11.7. The third-order valence-electron chi connectivity index (χ3n) is 3.82. The van der Waals surface area contributed by atoms with Gasteiger partial charge in [-0.3, -0.25) is 15.0 Å². The minimum Gasteiger partial charge on any atom is -0.267 e. The molecule has 4 nitrogen and oxygen atoms in total. The zero-order chi connectivity index (χ0) is 18.6. The Labute approximate surface area is 184 Å². The first-order valence-electron chi connectivity index (χ1n) is 8.23. The number of aryl methyl sites for hydroxylation is 1. The van der Waals surface area contributed by atoms with E-state index in [1.54, 1.807) is 39.0 Å². The Hall–Kier alpha value is -1.82. The summed E-state index contributed by atoms with van der Waals surface area (Å²) >= 11 is 0. The standard InChI is InChI=1S/C20H23FN2O2.3ClH/c1-5-14-10-12-15(13-11-14)18(24)22-23(20(2,3)4)19(25)16-8-6-7-9-17(16)21;;;/h6-13H,5H2,1-4H3,(H,22,24);3*1H. The molecule has 28 heavy (non-hydrogen) atoms. The quantitative estimate of drug-likeness (QED) is 0.649. The lowest BCUT2D eigenvalue weighted by Gasteiger charge is -2.35. The SMILES string of the molecule is CCc1ccc(C(=O)NN(C(=O)c2ccccc2F)C(C)(C)C)cc1.Cl.Cl.Cl. The fraction of sp³-hybridized carbons (Fsp3) is 0.300. The van der Waals surface area contributed by atoms with Crippen molar-refractivity contribution in [1.82, 2.24) is 10.4 Å². The lowest BCUT2D eigenvalue weighted by atomic mass is 10.1. The van der Waals surface area contributed by atoms with E-state index in [2.05, 4.69) is 5.43 Å². The van der Waals surface area contributed by atoms with Crippen molar-refractivity contribution in [2.45, 2.75) is 39.7 Å². The third kappa shape index (κ3) is 6.97. The van der Waals surface area contributed by atoms with E-state index in [-0.39, 0.29) is 42.8 Å². The first kappa shape index (κ1) is 28.4. The number of nitrogens with zero attached hydrogens (tertiary/aromatic N) is 1. The van der Waals surface area contributed by atoms with E-state index in [1.807, 2.05) is 19.1 Å². The number of hydrogen-bond acceptors (Lipinski definition) is 2. The van der Waals surface area contributed by atoms with Crippen LogP contribution >= 0.6 is 37.2 Å². The summed E-state index contributed by atoms with van der Waals surface area (Å²) in [5, 5.41) is 1.17. The first-order valence-corrected chi connectivity index (χ1v) is 8.23. The second kappa shape index (κ2) is 11.9. The number of carbonyl (C=O) groups excluding carboxylic acids is 2. The number of benzene rings is 2. The van der Waals surface area contributed by atoms with Gasteiger partial charge in [0.25, 0.3) is 11.8 Å². The van der Waals surface area contributed by atoms with E-state index in [4.69, 9.17) is 0 Å². The number of rotatable bonds is 3. The van der Waals surface area contributed by atoms with Crippen LogP contribution in [0.3, 0.4) is 0 Å². The zero-order valence-corrected chi connectivity index (χ0v) is 18.6. The molecule has 0 unspecified atom stereocenters. The Kier molecular flexibility index (Phi) is 12.1. The smallest absolute Gasteiger partial charge is 0.267 e. The van der Waals surface area contributed by atoms with Crippen LogP contribution in [-0.2, 0) is 6.42 Å². The highest BCUT2D eigenvalue weighted by molar-refractivity contribution is 5.99. The molecule has 156 valence electrons. The second-order valence-corrected chi connectivity index (χ2v) is 6.78. The number of halogens is 4. The molecule has 0 aliphatic rings. The van der Waals surface area contributed by atoms with Crippen molar-refractivity contribution < 1.29 is 14.0 Å². The van der Waals surface area contributed by atoms with Gasteiger partial charge in [0.15, 0.2) is 0 Å². The molecule has 0 atom stereocenters. The molecule has 0 heterocycles. The van der Waals surface area contributed by atoms with Gasteiger partial charge in [-0.1, -0.05) is 31.2 Å². The van der Waals surface area contributed by atoms with E-state index < -0.39 is 23.2 Å². The lowest BCUT2D eigenvalue weighted by molar-refractivity contribution is 0.0354. The summed E-state index contributed by atoms with van der Waals surface area (Å²) in [7, 11) is 0. The van der Waals surface area contributed by atoms with Crippen LogP contribution in [0.25, 0.3) is 0 Å². The van der Waals surface area contributed by atoms with Crippen LogP contribution in [0.1, 0.15) is 54.0 Å². The molecule has 0 saturated heterocycles. The fourth-order valence-corrected chi connectivity index (χ4v) is 2.34. The average Bonchev–Trinajstić information content (AvgIpc) is 2.58. The van der Waals surface area contributed by atoms with Crippen LogP contribution in [0.2, 0.25) is 0 Å². The van der Waals surface area contributed by atoms with Gasteiger partial charge in [0.05, 0.1) is 11.1 Å². The van der Waals surface area contributed by atoms with E-state index in [0.717, 1.165) is 12.0 Å². The Balaban J connectivity index is 0. The number of nitrogens with one attached hydrogen (secondary N) is 1. The molecular formula is C20H26Cl3FN2O2. The number of amides is 2. The number of hydrazine groups is 1. The predicted octanol–water partition coefficient (Wildman–Crippen LogP) is 5.24. The second-order valence-electron chi connectivity index (χ2n) is 6.78. The number of carbonyl (C=O) groups is 2. The Morgan fingerprint density at radius 3 is 1.96 bits per heavy atom. The molecule has 1 N–H and O–H groups in total. The van der Waals surface area contributed by atoms with Gasteiger partial charge in [-0.15, -0.1) is 37.2 Å². The maximum absolute atomic E-state index is 14.0. The van der Waals surface area contributed by atoms with Gasteiger partial charge in [0.1, 0.15) is 5.82 Å².